The summed E-state index contributed by atoms with van der Waals surface area (Å²) in [6.07, 6.45) is 1.89. The third kappa shape index (κ3) is 5.24. The molecule has 4 aromatic rings. The summed E-state index contributed by atoms with van der Waals surface area (Å²) in [6.45, 7) is 5.50. The van der Waals surface area contributed by atoms with Gasteiger partial charge in [0.2, 0.25) is 0 Å². The molecule has 0 spiro atoms. The number of hydrogen-bond acceptors (Lipinski definition) is 3. The minimum atomic E-state index is -0.0423. The fourth-order valence-electron chi connectivity index (χ4n) is 4.86. The van der Waals surface area contributed by atoms with Gasteiger partial charge in [-0.3, -0.25) is 9.69 Å². The molecule has 35 heavy (non-hydrogen) atoms. The lowest BCUT2D eigenvalue weighted by Crippen LogP contribution is -2.56. The Balaban J connectivity index is 0.00000289. The van der Waals surface area contributed by atoms with E-state index in [4.69, 9.17) is 23.2 Å². The number of aromatic nitrogens is 1. The van der Waals surface area contributed by atoms with Gasteiger partial charge in [0.25, 0.3) is 5.91 Å². The van der Waals surface area contributed by atoms with Gasteiger partial charge in [0.1, 0.15) is 0 Å². The zero-order valence-electron chi connectivity index (χ0n) is 19.6. The van der Waals surface area contributed by atoms with Crippen molar-refractivity contribution in [3.8, 4) is 0 Å². The standard InChI is InChI=1S/C27H28Cl2N4O.ClH/c1-2-6-25(33-15-13-32(14-16-33)24-10-5-8-21(28)26(24)29)31-27(34)18-11-12-20-19-7-3-4-9-22(19)30-23(20)17-18;/h3-5,7-12,17,25,30H,2,6,13-16H2,1H3,(H,31,34);1H. The van der Waals surface area contributed by atoms with Crippen LogP contribution in [0.15, 0.2) is 60.7 Å². The van der Waals surface area contributed by atoms with Crippen LogP contribution < -0.4 is 10.2 Å². The molecule has 5 nitrogen and oxygen atoms in total. The first-order chi connectivity index (χ1) is 16.5. The summed E-state index contributed by atoms with van der Waals surface area (Å²) in [5.41, 5.74) is 3.70. The van der Waals surface area contributed by atoms with E-state index in [2.05, 4.69) is 39.2 Å². The Labute approximate surface area is 221 Å². The number of nitrogens with zero attached hydrogens (tertiary/aromatic N) is 2. The van der Waals surface area contributed by atoms with E-state index < -0.39 is 0 Å². The predicted octanol–water partition coefficient (Wildman–Crippen LogP) is 6.73. The highest BCUT2D eigenvalue weighted by molar-refractivity contribution is 6.43. The highest BCUT2D eigenvalue weighted by Crippen LogP contribution is 2.33. The SMILES string of the molecule is CCCC(NC(=O)c1ccc2c(c1)[nH]c1ccccc12)N1CCN(c2cccc(Cl)c2Cl)CC1.Cl. The van der Waals surface area contributed by atoms with E-state index in [0.29, 0.717) is 15.6 Å². The molecule has 1 aliphatic heterocycles. The van der Waals surface area contributed by atoms with Crippen LogP contribution in [-0.2, 0) is 0 Å². The largest absolute Gasteiger partial charge is 0.368 e. The number of piperazine rings is 1. The predicted molar refractivity (Wildman–Crippen MR) is 149 cm³/mol. The number of halogens is 3. The molecule has 1 saturated heterocycles. The molecule has 2 N–H and O–H groups in total. The van der Waals surface area contributed by atoms with Crippen LogP contribution in [0.25, 0.3) is 21.8 Å². The van der Waals surface area contributed by atoms with E-state index in [-0.39, 0.29) is 24.5 Å². The fourth-order valence-corrected chi connectivity index (χ4v) is 5.28. The van der Waals surface area contributed by atoms with Gasteiger partial charge in [0, 0.05) is 53.5 Å². The number of carbonyl (C=O) groups is 1. The van der Waals surface area contributed by atoms with Crippen LogP contribution in [-0.4, -0.2) is 48.1 Å². The molecule has 0 aliphatic carbocycles. The molecule has 0 radical (unpaired) electrons. The Kier molecular flexibility index (Phi) is 8.12. The number of fused-ring (bicyclic) bond motifs is 3. The Morgan fingerprint density at radius 3 is 2.49 bits per heavy atom. The maximum Gasteiger partial charge on any atom is 0.252 e. The monoisotopic (exact) mass is 530 g/mol. The molecule has 3 aromatic carbocycles. The van der Waals surface area contributed by atoms with Crippen molar-refractivity contribution in [2.24, 2.45) is 0 Å². The summed E-state index contributed by atoms with van der Waals surface area (Å²) in [5.74, 6) is -0.0423. The quantitative estimate of drug-likeness (QED) is 0.290. The van der Waals surface area contributed by atoms with Gasteiger partial charge in [-0.15, -0.1) is 12.4 Å². The molecule has 184 valence electrons. The van der Waals surface area contributed by atoms with Gasteiger partial charge in [-0.2, -0.15) is 0 Å². The molecule has 0 bridgehead atoms. The number of hydrogen-bond donors (Lipinski definition) is 2. The van der Waals surface area contributed by atoms with E-state index in [1.54, 1.807) is 0 Å². The van der Waals surface area contributed by atoms with Crippen LogP contribution in [0.4, 0.5) is 5.69 Å². The van der Waals surface area contributed by atoms with Gasteiger partial charge in [-0.1, -0.05) is 66.9 Å². The average molecular weight is 532 g/mol. The van der Waals surface area contributed by atoms with Crippen molar-refractivity contribution in [1.82, 2.24) is 15.2 Å². The molecular formula is C27H29Cl3N4O. The highest BCUT2D eigenvalue weighted by Gasteiger charge is 2.26. The fraction of sp³-hybridized carbons (Fsp3) is 0.296. The van der Waals surface area contributed by atoms with Crippen LogP contribution in [0.5, 0.6) is 0 Å². The van der Waals surface area contributed by atoms with Crippen LogP contribution in [0.1, 0.15) is 30.1 Å². The first kappa shape index (κ1) is 25.6. The summed E-state index contributed by atoms with van der Waals surface area (Å²) in [5, 5.41) is 6.76. The minimum absolute atomic E-state index is 0. The molecule has 1 aliphatic rings. The molecule has 1 atom stereocenters. The number of nitrogens with one attached hydrogen (secondary N) is 2. The van der Waals surface area contributed by atoms with Crippen molar-refractivity contribution >= 4 is 69.0 Å². The van der Waals surface area contributed by atoms with Gasteiger partial charge in [0.05, 0.1) is 21.9 Å². The first-order valence-electron chi connectivity index (χ1n) is 11.8. The van der Waals surface area contributed by atoms with Crippen LogP contribution in [0, 0.1) is 0 Å². The first-order valence-corrected chi connectivity index (χ1v) is 12.5. The Bertz CT molecular complexity index is 1330. The summed E-state index contributed by atoms with van der Waals surface area (Å²) >= 11 is 12.6. The second-order valence-electron chi connectivity index (χ2n) is 8.80. The van der Waals surface area contributed by atoms with Crippen LogP contribution in [0.3, 0.4) is 0 Å². The summed E-state index contributed by atoms with van der Waals surface area (Å²) in [4.78, 5) is 21.3. The molecule has 1 unspecified atom stereocenters. The Morgan fingerprint density at radius 1 is 0.971 bits per heavy atom. The topological polar surface area (TPSA) is 51.4 Å². The zero-order chi connectivity index (χ0) is 23.7. The highest BCUT2D eigenvalue weighted by atomic mass is 35.5. The number of carbonyl (C=O) groups excluding carboxylic acids is 1. The molecule has 1 fully saturated rings. The van der Waals surface area contributed by atoms with E-state index >= 15 is 0 Å². The van der Waals surface area contributed by atoms with E-state index in [1.807, 2.05) is 48.5 Å². The summed E-state index contributed by atoms with van der Waals surface area (Å²) in [7, 11) is 0. The Morgan fingerprint density at radius 2 is 1.71 bits per heavy atom. The maximum atomic E-state index is 13.2. The van der Waals surface area contributed by atoms with Gasteiger partial charge >= 0.3 is 0 Å². The third-order valence-electron chi connectivity index (χ3n) is 6.66. The normalized spacial score (nSPS) is 15.2. The zero-order valence-corrected chi connectivity index (χ0v) is 21.9. The maximum absolute atomic E-state index is 13.2. The number of H-pyrrole nitrogens is 1. The van der Waals surface area contributed by atoms with Crippen molar-refractivity contribution in [2.45, 2.75) is 25.9 Å². The smallest absolute Gasteiger partial charge is 0.252 e. The lowest BCUT2D eigenvalue weighted by Gasteiger charge is -2.40. The van der Waals surface area contributed by atoms with E-state index in [1.165, 1.54) is 5.39 Å². The van der Waals surface area contributed by atoms with Crippen molar-refractivity contribution in [3.63, 3.8) is 0 Å². The second kappa shape index (κ2) is 11.1. The van der Waals surface area contributed by atoms with Gasteiger partial charge in [-0.05, 0) is 36.8 Å². The number of anilines is 1. The van der Waals surface area contributed by atoms with Gasteiger partial charge < -0.3 is 15.2 Å². The molecule has 1 amide bonds. The number of aromatic amines is 1. The van der Waals surface area contributed by atoms with Crippen LogP contribution >= 0.6 is 35.6 Å². The van der Waals surface area contributed by atoms with Crippen molar-refractivity contribution < 1.29 is 4.79 Å². The molecule has 2 heterocycles. The van der Waals surface area contributed by atoms with E-state index in [9.17, 15) is 4.79 Å². The van der Waals surface area contributed by atoms with Gasteiger partial charge in [0.15, 0.2) is 0 Å². The average Bonchev–Trinajstić information content (AvgIpc) is 3.23. The molecule has 0 saturated carbocycles. The summed E-state index contributed by atoms with van der Waals surface area (Å²) in [6, 6.07) is 19.9. The molecular weight excluding hydrogens is 503 g/mol. The number of rotatable bonds is 6. The van der Waals surface area contributed by atoms with E-state index in [0.717, 1.165) is 61.1 Å². The van der Waals surface area contributed by atoms with Crippen molar-refractivity contribution in [2.75, 3.05) is 31.1 Å². The van der Waals surface area contributed by atoms with Crippen molar-refractivity contribution in [3.05, 3.63) is 76.3 Å². The molecule has 1 aromatic heterocycles. The number of benzene rings is 3. The number of amides is 1. The third-order valence-corrected chi connectivity index (χ3v) is 7.46. The molecule has 5 rings (SSSR count). The summed E-state index contributed by atoms with van der Waals surface area (Å²) < 4.78 is 0. The lowest BCUT2D eigenvalue weighted by atomic mass is 10.1. The van der Waals surface area contributed by atoms with Gasteiger partial charge in [-0.25, -0.2) is 0 Å². The van der Waals surface area contributed by atoms with Crippen LogP contribution in [0.2, 0.25) is 10.0 Å². The lowest BCUT2D eigenvalue weighted by molar-refractivity contribution is 0.0824. The minimum Gasteiger partial charge on any atom is -0.368 e. The second-order valence-corrected chi connectivity index (χ2v) is 9.59. The Hall–Kier alpha value is -2.44. The molecule has 8 heteroatoms. The number of para-hydroxylation sites is 1. The van der Waals surface area contributed by atoms with Crippen molar-refractivity contribution in [1.29, 1.82) is 0 Å².